The van der Waals surface area contributed by atoms with E-state index in [1.165, 1.54) is 38.5 Å². The third-order valence-corrected chi connectivity index (χ3v) is 4.11. The van der Waals surface area contributed by atoms with Gasteiger partial charge in [-0.25, -0.2) is 0 Å². The maximum atomic E-state index is 2.47. The molecule has 84 valence electrons. The molecule has 0 amide bonds. The molecule has 1 aliphatic carbocycles. The minimum atomic E-state index is 0.961. The van der Waals surface area contributed by atoms with Crippen molar-refractivity contribution in [2.75, 3.05) is 0 Å². The van der Waals surface area contributed by atoms with Crippen molar-refractivity contribution in [3.05, 3.63) is 0 Å². The molecule has 0 saturated heterocycles. The Bertz CT molecular complexity index is 138. The van der Waals surface area contributed by atoms with Gasteiger partial charge in [0.05, 0.1) is 0 Å². The van der Waals surface area contributed by atoms with Crippen LogP contribution in [0.5, 0.6) is 0 Å². The van der Waals surface area contributed by atoms with Crippen LogP contribution in [-0.4, -0.2) is 0 Å². The molecule has 0 heteroatoms. The van der Waals surface area contributed by atoms with E-state index in [0.29, 0.717) is 0 Å². The molecule has 3 atom stereocenters. The third kappa shape index (κ3) is 3.63. The van der Waals surface area contributed by atoms with Crippen LogP contribution in [0, 0.1) is 23.7 Å². The Morgan fingerprint density at radius 2 is 1.57 bits per heavy atom. The Hall–Kier alpha value is 0. The predicted molar refractivity (Wildman–Crippen MR) is 64.4 cm³/mol. The molecule has 0 aromatic heterocycles. The molecule has 1 saturated carbocycles. The maximum absolute atomic E-state index is 2.47. The maximum Gasteiger partial charge on any atom is -0.0383 e. The van der Waals surface area contributed by atoms with Crippen LogP contribution in [0.3, 0.4) is 0 Å². The fourth-order valence-corrected chi connectivity index (χ4v) is 3.09. The number of hydrogen-bond donors (Lipinski definition) is 0. The van der Waals surface area contributed by atoms with E-state index in [0.717, 1.165) is 23.7 Å². The Morgan fingerprint density at radius 1 is 1.07 bits per heavy atom. The SMILES string of the molecule is CCCC(C)C1CC(C)CCC(C)C1. The van der Waals surface area contributed by atoms with Crippen LogP contribution in [0.15, 0.2) is 0 Å². The molecule has 0 aliphatic heterocycles. The van der Waals surface area contributed by atoms with Crippen molar-refractivity contribution in [2.24, 2.45) is 23.7 Å². The van der Waals surface area contributed by atoms with Gasteiger partial charge in [0, 0.05) is 0 Å². The van der Waals surface area contributed by atoms with Gasteiger partial charge in [0.15, 0.2) is 0 Å². The highest BCUT2D eigenvalue weighted by molar-refractivity contribution is 4.76. The minimum absolute atomic E-state index is 0.961. The molecule has 0 heterocycles. The molecule has 0 spiro atoms. The van der Waals surface area contributed by atoms with Crippen LogP contribution >= 0.6 is 0 Å². The van der Waals surface area contributed by atoms with Crippen molar-refractivity contribution in [3.63, 3.8) is 0 Å². The Labute approximate surface area is 90.5 Å². The van der Waals surface area contributed by atoms with E-state index < -0.39 is 0 Å². The van der Waals surface area contributed by atoms with Gasteiger partial charge in [-0.15, -0.1) is 0 Å². The fraction of sp³-hybridized carbons (Fsp3) is 1.00. The van der Waals surface area contributed by atoms with Gasteiger partial charge < -0.3 is 0 Å². The predicted octanol–water partition coefficient (Wildman–Crippen LogP) is 4.89. The van der Waals surface area contributed by atoms with E-state index in [9.17, 15) is 0 Å². The zero-order valence-electron chi connectivity index (χ0n) is 10.6. The molecule has 1 rings (SSSR count). The Morgan fingerprint density at radius 3 is 2.00 bits per heavy atom. The fourth-order valence-electron chi connectivity index (χ4n) is 3.09. The normalized spacial score (nSPS) is 36.4. The average molecular weight is 196 g/mol. The van der Waals surface area contributed by atoms with Crippen LogP contribution in [0.4, 0.5) is 0 Å². The summed E-state index contributed by atoms with van der Waals surface area (Å²) >= 11 is 0. The van der Waals surface area contributed by atoms with Crippen molar-refractivity contribution < 1.29 is 0 Å². The van der Waals surface area contributed by atoms with E-state index >= 15 is 0 Å². The summed E-state index contributed by atoms with van der Waals surface area (Å²) < 4.78 is 0. The monoisotopic (exact) mass is 196 g/mol. The van der Waals surface area contributed by atoms with Crippen molar-refractivity contribution in [1.29, 1.82) is 0 Å². The minimum Gasteiger partial charge on any atom is -0.0654 e. The molecule has 0 aromatic carbocycles. The molecule has 1 aliphatic rings. The topological polar surface area (TPSA) is 0 Å². The van der Waals surface area contributed by atoms with Gasteiger partial charge in [-0.1, -0.05) is 53.4 Å². The highest BCUT2D eigenvalue weighted by Crippen LogP contribution is 2.36. The van der Waals surface area contributed by atoms with Gasteiger partial charge in [-0.05, 0) is 36.5 Å². The first kappa shape index (κ1) is 12.1. The van der Waals surface area contributed by atoms with E-state index in [-0.39, 0.29) is 0 Å². The highest BCUT2D eigenvalue weighted by Gasteiger charge is 2.24. The van der Waals surface area contributed by atoms with Crippen LogP contribution in [-0.2, 0) is 0 Å². The zero-order valence-corrected chi connectivity index (χ0v) is 10.6. The quantitative estimate of drug-likeness (QED) is 0.564. The van der Waals surface area contributed by atoms with Gasteiger partial charge >= 0.3 is 0 Å². The molecule has 14 heavy (non-hydrogen) atoms. The van der Waals surface area contributed by atoms with E-state index in [4.69, 9.17) is 0 Å². The second-order valence-corrected chi connectivity index (χ2v) is 5.79. The van der Waals surface area contributed by atoms with Crippen molar-refractivity contribution >= 4 is 0 Å². The summed E-state index contributed by atoms with van der Waals surface area (Å²) in [7, 11) is 0. The van der Waals surface area contributed by atoms with E-state index in [2.05, 4.69) is 27.7 Å². The second-order valence-electron chi connectivity index (χ2n) is 5.79. The van der Waals surface area contributed by atoms with Gasteiger partial charge in [0.2, 0.25) is 0 Å². The third-order valence-electron chi connectivity index (χ3n) is 4.11. The summed E-state index contributed by atoms with van der Waals surface area (Å²) in [6, 6.07) is 0. The highest BCUT2D eigenvalue weighted by atomic mass is 14.3. The number of hydrogen-bond acceptors (Lipinski definition) is 0. The zero-order chi connectivity index (χ0) is 10.6. The first-order chi connectivity index (χ1) is 6.63. The Kier molecular flexibility index (Phi) is 4.98. The van der Waals surface area contributed by atoms with Crippen LogP contribution < -0.4 is 0 Å². The van der Waals surface area contributed by atoms with Gasteiger partial charge in [0.25, 0.3) is 0 Å². The van der Waals surface area contributed by atoms with Crippen molar-refractivity contribution in [3.8, 4) is 0 Å². The summed E-state index contributed by atoms with van der Waals surface area (Å²) in [5, 5.41) is 0. The lowest BCUT2D eigenvalue weighted by atomic mass is 9.81. The van der Waals surface area contributed by atoms with Gasteiger partial charge in [-0.2, -0.15) is 0 Å². The largest absolute Gasteiger partial charge is 0.0654 e. The van der Waals surface area contributed by atoms with Gasteiger partial charge in [-0.3, -0.25) is 0 Å². The van der Waals surface area contributed by atoms with Crippen molar-refractivity contribution in [2.45, 2.75) is 66.2 Å². The van der Waals surface area contributed by atoms with E-state index in [1.807, 2.05) is 0 Å². The first-order valence-electron chi connectivity index (χ1n) is 6.63. The molecule has 0 radical (unpaired) electrons. The summed E-state index contributed by atoms with van der Waals surface area (Å²) in [5.74, 6) is 3.93. The first-order valence-corrected chi connectivity index (χ1v) is 6.63. The average Bonchev–Trinajstić information content (AvgIpc) is 2.29. The standard InChI is InChI=1S/C14H28/c1-5-6-13(4)14-9-11(2)7-8-12(3)10-14/h11-14H,5-10H2,1-4H3. The summed E-state index contributed by atoms with van der Waals surface area (Å²) in [4.78, 5) is 0. The van der Waals surface area contributed by atoms with Crippen LogP contribution in [0.2, 0.25) is 0 Å². The number of rotatable bonds is 3. The summed E-state index contributed by atoms with van der Waals surface area (Å²) in [5.41, 5.74) is 0. The molecule has 0 nitrogen and oxygen atoms in total. The van der Waals surface area contributed by atoms with Crippen LogP contribution in [0.25, 0.3) is 0 Å². The second kappa shape index (κ2) is 5.78. The smallest absolute Gasteiger partial charge is 0.0383 e. The molecule has 0 N–H and O–H groups in total. The lowest BCUT2D eigenvalue weighted by molar-refractivity contribution is 0.259. The lowest BCUT2D eigenvalue weighted by Gasteiger charge is -2.25. The van der Waals surface area contributed by atoms with Gasteiger partial charge in [0.1, 0.15) is 0 Å². The molecule has 0 bridgehead atoms. The van der Waals surface area contributed by atoms with Crippen LogP contribution in [0.1, 0.15) is 66.2 Å². The molecule has 1 fully saturated rings. The van der Waals surface area contributed by atoms with Crippen molar-refractivity contribution in [1.82, 2.24) is 0 Å². The molecular weight excluding hydrogens is 168 g/mol. The summed E-state index contributed by atoms with van der Waals surface area (Å²) in [6.45, 7) is 9.69. The molecular formula is C14H28. The molecule has 0 aromatic rings. The summed E-state index contributed by atoms with van der Waals surface area (Å²) in [6.07, 6.45) is 8.72. The Balaban J connectivity index is 2.47. The molecule has 3 unspecified atom stereocenters. The van der Waals surface area contributed by atoms with E-state index in [1.54, 1.807) is 0 Å². The lowest BCUT2D eigenvalue weighted by Crippen LogP contribution is -2.14.